The highest BCUT2D eigenvalue weighted by Crippen LogP contribution is 2.30. The quantitative estimate of drug-likeness (QED) is 0.774. The molecule has 0 aromatic heterocycles. The Kier molecular flexibility index (Phi) is 5.45. The maximum Gasteiger partial charge on any atom is 0.319 e. The molecule has 0 radical (unpaired) electrons. The molecule has 0 spiro atoms. The second-order valence-corrected chi connectivity index (χ2v) is 3.81. The fraction of sp³-hybridized carbons (Fsp3) is 0.462. The molecule has 5 heteroatoms. The summed E-state index contributed by atoms with van der Waals surface area (Å²) in [5, 5.41) is 3.01. The molecule has 1 rings (SSSR count). The Labute approximate surface area is 107 Å². The first kappa shape index (κ1) is 14.3. The highest BCUT2D eigenvalue weighted by Gasteiger charge is 2.08. The predicted octanol–water partition coefficient (Wildman–Crippen LogP) is 1.27. The molecule has 0 bridgehead atoms. The minimum atomic E-state index is -0.284. The van der Waals surface area contributed by atoms with Gasteiger partial charge in [0.1, 0.15) is 0 Å². The summed E-state index contributed by atoms with van der Waals surface area (Å²) in [5.41, 5.74) is 2.13. The van der Waals surface area contributed by atoms with Crippen molar-refractivity contribution in [3.63, 3.8) is 0 Å². The van der Waals surface area contributed by atoms with Crippen LogP contribution >= 0.6 is 0 Å². The molecule has 0 aliphatic rings. The van der Waals surface area contributed by atoms with Gasteiger partial charge in [0.05, 0.1) is 27.9 Å². The Morgan fingerprint density at radius 3 is 2.33 bits per heavy atom. The first-order valence-electron chi connectivity index (χ1n) is 5.61. The summed E-state index contributed by atoms with van der Waals surface area (Å²) >= 11 is 0. The number of hydrogen-bond acceptors (Lipinski definition) is 5. The van der Waals surface area contributed by atoms with Crippen LogP contribution in [0.15, 0.2) is 12.1 Å². The van der Waals surface area contributed by atoms with Crippen molar-refractivity contribution < 1.29 is 19.0 Å². The molecular formula is C13H19NO4. The Bertz CT molecular complexity index is 418. The number of esters is 1. The average molecular weight is 253 g/mol. The fourth-order valence-corrected chi connectivity index (χ4v) is 1.58. The SMILES string of the molecule is COC(=O)CNCc1cc(OC)c(OC)cc1C. The Balaban J connectivity index is 2.73. The van der Waals surface area contributed by atoms with E-state index in [2.05, 4.69) is 10.1 Å². The van der Waals surface area contributed by atoms with Crippen LogP contribution in [-0.4, -0.2) is 33.8 Å². The molecule has 0 saturated heterocycles. The van der Waals surface area contributed by atoms with Gasteiger partial charge in [0.25, 0.3) is 0 Å². The van der Waals surface area contributed by atoms with E-state index in [1.165, 1.54) is 7.11 Å². The van der Waals surface area contributed by atoms with E-state index in [0.29, 0.717) is 18.0 Å². The van der Waals surface area contributed by atoms with Gasteiger partial charge in [-0.25, -0.2) is 0 Å². The normalized spacial score (nSPS) is 10.0. The molecule has 0 saturated carbocycles. The number of aryl methyl sites for hydroxylation is 1. The van der Waals surface area contributed by atoms with E-state index in [0.717, 1.165) is 11.1 Å². The van der Waals surface area contributed by atoms with Crippen LogP contribution in [0.2, 0.25) is 0 Å². The van der Waals surface area contributed by atoms with E-state index >= 15 is 0 Å². The van der Waals surface area contributed by atoms with Gasteiger partial charge in [0.15, 0.2) is 11.5 Å². The highest BCUT2D eigenvalue weighted by molar-refractivity contribution is 5.71. The number of nitrogens with one attached hydrogen (secondary N) is 1. The second-order valence-electron chi connectivity index (χ2n) is 3.81. The third-order valence-corrected chi connectivity index (χ3v) is 2.65. The molecule has 0 atom stereocenters. The Morgan fingerprint density at radius 2 is 1.78 bits per heavy atom. The number of carbonyl (C=O) groups excluding carboxylic acids is 1. The monoisotopic (exact) mass is 253 g/mol. The molecule has 0 fully saturated rings. The van der Waals surface area contributed by atoms with Gasteiger partial charge in [-0.15, -0.1) is 0 Å². The zero-order chi connectivity index (χ0) is 13.5. The van der Waals surface area contributed by atoms with Crippen molar-refractivity contribution in [3.8, 4) is 11.5 Å². The third kappa shape index (κ3) is 3.63. The van der Waals surface area contributed by atoms with Crippen molar-refractivity contribution in [1.82, 2.24) is 5.32 Å². The van der Waals surface area contributed by atoms with Crippen molar-refractivity contribution in [2.75, 3.05) is 27.9 Å². The molecule has 5 nitrogen and oxygen atoms in total. The molecule has 18 heavy (non-hydrogen) atoms. The fourth-order valence-electron chi connectivity index (χ4n) is 1.58. The van der Waals surface area contributed by atoms with Crippen LogP contribution in [-0.2, 0) is 16.1 Å². The smallest absolute Gasteiger partial charge is 0.319 e. The topological polar surface area (TPSA) is 56.8 Å². The lowest BCUT2D eigenvalue weighted by molar-refractivity contribution is -0.139. The molecule has 100 valence electrons. The van der Waals surface area contributed by atoms with Crippen molar-refractivity contribution in [3.05, 3.63) is 23.3 Å². The van der Waals surface area contributed by atoms with Crippen LogP contribution in [0.3, 0.4) is 0 Å². The van der Waals surface area contributed by atoms with E-state index < -0.39 is 0 Å². The van der Waals surface area contributed by atoms with Gasteiger partial charge in [-0.05, 0) is 30.2 Å². The number of rotatable bonds is 6. The van der Waals surface area contributed by atoms with Crippen molar-refractivity contribution in [2.45, 2.75) is 13.5 Å². The summed E-state index contributed by atoms with van der Waals surface area (Å²) in [6, 6.07) is 3.81. The second kappa shape index (κ2) is 6.86. The number of carbonyl (C=O) groups is 1. The summed E-state index contributed by atoms with van der Waals surface area (Å²) in [4.78, 5) is 11.0. The summed E-state index contributed by atoms with van der Waals surface area (Å²) < 4.78 is 15.0. The largest absolute Gasteiger partial charge is 0.493 e. The van der Waals surface area contributed by atoms with Gasteiger partial charge in [0, 0.05) is 6.54 Å². The van der Waals surface area contributed by atoms with Crippen LogP contribution in [0, 0.1) is 6.92 Å². The van der Waals surface area contributed by atoms with E-state index in [4.69, 9.17) is 9.47 Å². The van der Waals surface area contributed by atoms with E-state index in [1.54, 1.807) is 14.2 Å². The minimum absolute atomic E-state index is 0.185. The van der Waals surface area contributed by atoms with Gasteiger partial charge < -0.3 is 19.5 Å². The summed E-state index contributed by atoms with van der Waals surface area (Å²) in [5.74, 6) is 1.10. The molecule has 0 amide bonds. The van der Waals surface area contributed by atoms with Crippen LogP contribution < -0.4 is 14.8 Å². The van der Waals surface area contributed by atoms with Crippen LogP contribution in [0.1, 0.15) is 11.1 Å². The lowest BCUT2D eigenvalue weighted by atomic mass is 10.1. The van der Waals surface area contributed by atoms with Crippen LogP contribution in [0.25, 0.3) is 0 Å². The summed E-state index contributed by atoms with van der Waals surface area (Å²) in [6.07, 6.45) is 0. The molecule has 1 N–H and O–H groups in total. The highest BCUT2D eigenvalue weighted by atomic mass is 16.5. The predicted molar refractivity (Wildman–Crippen MR) is 68.0 cm³/mol. The van der Waals surface area contributed by atoms with Gasteiger partial charge >= 0.3 is 5.97 Å². The third-order valence-electron chi connectivity index (χ3n) is 2.65. The average Bonchev–Trinajstić information content (AvgIpc) is 2.39. The van der Waals surface area contributed by atoms with E-state index in [1.807, 2.05) is 19.1 Å². The standard InChI is InChI=1S/C13H19NO4/c1-9-5-11(16-2)12(17-3)6-10(9)7-14-8-13(15)18-4/h5-6,14H,7-8H2,1-4H3. The van der Waals surface area contributed by atoms with E-state index in [9.17, 15) is 4.79 Å². The van der Waals surface area contributed by atoms with Crippen LogP contribution in [0.5, 0.6) is 11.5 Å². The molecule has 0 aliphatic heterocycles. The van der Waals surface area contributed by atoms with Crippen LogP contribution in [0.4, 0.5) is 0 Å². The van der Waals surface area contributed by atoms with Gasteiger partial charge in [-0.3, -0.25) is 4.79 Å². The van der Waals surface area contributed by atoms with Crippen molar-refractivity contribution >= 4 is 5.97 Å². The molecular weight excluding hydrogens is 234 g/mol. The van der Waals surface area contributed by atoms with Gasteiger partial charge in [-0.1, -0.05) is 0 Å². The maximum absolute atomic E-state index is 11.0. The summed E-state index contributed by atoms with van der Waals surface area (Å²) in [6.45, 7) is 2.74. The van der Waals surface area contributed by atoms with Crippen molar-refractivity contribution in [2.24, 2.45) is 0 Å². The zero-order valence-electron chi connectivity index (χ0n) is 11.2. The number of benzene rings is 1. The maximum atomic E-state index is 11.0. The first-order chi connectivity index (χ1) is 8.62. The molecule has 0 heterocycles. The molecule has 1 aromatic carbocycles. The van der Waals surface area contributed by atoms with E-state index in [-0.39, 0.29) is 12.5 Å². The molecule has 0 aliphatic carbocycles. The van der Waals surface area contributed by atoms with Crippen molar-refractivity contribution in [1.29, 1.82) is 0 Å². The van der Waals surface area contributed by atoms with Gasteiger partial charge in [0.2, 0.25) is 0 Å². The lowest BCUT2D eigenvalue weighted by Gasteiger charge is -2.13. The zero-order valence-corrected chi connectivity index (χ0v) is 11.2. The minimum Gasteiger partial charge on any atom is -0.493 e. The Hall–Kier alpha value is -1.75. The number of hydrogen-bond donors (Lipinski definition) is 1. The lowest BCUT2D eigenvalue weighted by Crippen LogP contribution is -2.23. The molecule has 0 unspecified atom stereocenters. The summed E-state index contributed by atoms with van der Waals surface area (Å²) in [7, 11) is 4.57. The first-order valence-corrected chi connectivity index (χ1v) is 5.61. The Morgan fingerprint density at radius 1 is 1.17 bits per heavy atom. The van der Waals surface area contributed by atoms with Gasteiger partial charge in [-0.2, -0.15) is 0 Å². The number of methoxy groups -OCH3 is 3. The molecule has 1 aromatic rings. The number of ether oxygens (including phenoxy) is 3.